The third-order valence-electron chi connectivity index (χ3n) is 6.66. The molecule has 0 unspecified atom stereocenters. The van der Waals surface area contributed by atoms with Crippen molar-refractivity contribution in [2.45, 2.75) is 37.8 Å². The van der Waals surface area contributed by atoms with Crippen molar-refractivity contribution in [1.82, 2.24) is 14.8 Å². The fraction of sp³-hybridized carbons (Fsp3) is 0.360. The average molecular weight is 418 g/mol. The van der Waals surface area contributed by atoms with Crippen LogP contribution in [0.25, 0.3) is 10.9 Å². The average Bonchev–Trinajstić information content (AvgIpc) is 3.47. The van der Waals surface area contributed by atoms with Gasteiger partial charge < -0.3 is 19.5 Å². The number of carbonyl (C=O) groups excluding carboxylic acids is 2. The van der Waals surface area contributed by atoms with Crippen molar-refractivity contribution >= 4 is 22.7 Å². The summed E-state index contributed by atoms with van der Waals surface area (Å²) >= 11 is 0. The van der Waals surface area contributed by atoms with Gasteiger partial charge in [0.2, 0.25) is 5.91 Å². The van der Waals surface area contributed by atoms with Crippen LogP contribution in [0, 0.1) is 0 Å². The molecule has 1 saturated carbocycles. The summed E-state index contributed by atoms with van der Waals surface area (Å²) in [5.74, 6) is 0.573. The van der Waals surface area contributed by atoms with E-state index in [9.17, 15) is 9.59 Å². The maximum Gasteiger partial charge on any atom is 0.272 e. The number of rotatable bonds is 5. The molecule has 1 N–H and O–H groups in total. The second-order valence-electron chi connectivity index (χ2n) is 8.50. The molecule has 5 rings (SSSR count). The molecule has 0 saturated heterocycles. The number of amides is 2. The molecule has 6 nitrogen and oxygen atoms in total. The third-order valence-corrected chi connectivity index (χ3v) is 6.66. The molecule has 31 heavy (non-hydrogen) atoms. The molecule has 1 aromatic heterocycles. The van der Waals surface area contributed by atoms with E-state index in [1.54, 1.807) is 12.0 Å². The molecule has 1 aliphatic heterocycles. The van der Waals surface area contributed by atoms with Crippen molar-refractivity contribution in [3.05, 3.63) is 65.4 Å². The van der Waals surface area contributed by atoms with Gasteiger partial charge in [0.25, 0.3) is 5.91 Å². The zero-order chi connectivity index (χ0) is 21.5. The second kappa shape index (κ2) is 7.76. The second-order valence-corrected chi connectivity index (χ2v) is 8.50. The van der Waals surface area contributed by atoms with E-state index in [-0.39, 0.29) is 30.4 Å². The molecule has 2 amide bonds. The highest BCUT2D eigenvalue weighted by Gasteiger charge is 2.42. The summed E-state index contributed by atoms with van der Waals surface area (Å²) < 4.78 is 7.27. The summed E-state index contributed by atoms with van der Waals surface area (Å²) in [4.78, 5) is 28.1. The quantitative estimate of drug-likeness (QED) is 0.687. The summed E-state index contributed by atoms with van der Waals surface area (Å²) in [5.41, 5.74) is 3.63. The summed E-state index contributed by atoms with van der Waals surface area (Å²) in [6.45, 7) is 0.0506. The van der Waals surface area contributed by atoms with Crippen molar-refractivity contribution in [3.63, 3.8) is 0 Å². The lowest BCUT2D eigenvalue weighted by Crippen LogP contribution is -2.43. The first-order valence-corrected chi connectivity index (χ1v) is 10.9. The molecule has 3 aromatic rings. The van der Waals surface area contributed by atoms with Crippen molar-refractivity contribution in [2.24, 2.45) is 7.05 Å². The minimum Gasteiger partial charge on any atom is -0.497 e. The maximum atomic E-state index is 13.6. The molecule has 1 aliphatic carbocycles. The van der Waals surface area contributed by atoms with Crippen LogP contribution in [0.15, 0.2) is 48.5 Å². The summed E-state index contributed by atoms with van der Waals surface area (Å²) in [7, 11) is 3.56. The van der Waals surface area contributed by atoms with Crippen LogP contribution in [-0.4, -0.2) is 41.0 Å². The standard InChI is InChI=1S/C25H27N3O3/c1-27-20-10-6-5-9-19(20)22-23(16-11-13-18(31-2)14-12-16)28(25(30)24(22)27)15-21(29)26-17-7-3-4-8-17/h5-6,9-14,17,23H,3-4,7-8,15H2,1-2H3,(H,26,29)/t23-/m1/s1. The highest BCUT2D eigenvalue weighted by Crippen LogP contribution is 2.44. The van der Waals surface area contributed by atoms with Gasteiger partial charge in [-0.25, -0.2) is 0 Å². The van der Waals surface area contributed by atoms with Crippen molar-refractivity contribution in [3.8, 4) is 5.75 Å². The minimum atomic E-state index is -0.311. The lowest BCUT2D eigenvalue weighted by Gasteiger charge is -2.26. The van der Waals surface area contributed by atoms with Crippen molar-refractivity contribution < 1.29 is 14.3 Å². The van der Waals surface area contributed by atoms with E-state index in [4.69, 9.17) is 4.74 Å². The Kier molecular flexibility index (Phi) is 4.93. The van der Waals surface area contributed by atoms with Gasteiger partial charge in [-0.2, -0.15) is 0 Å². The van der Waals surface area contributed by atoms with Crippen LogP contribution < -0.4 is 10.1 Å². The molecule has 160 valence electrons. The van der Waals surface area contributed by atoms with Crippen LogP contribution in [0.3, 0.4) is 0 Å². The first-order valence-electron chi connectivity index (χ1n) is 10.9. The molecule has 1 fully saturated rings. The van der Waals surface area contributed by atoms with Gasteiger partial charge in [0.1, 0.15) is 18.0 Å². The van der Waals surface area contributed by atoms with Gasteiger partial charge in [0.05, 0.1) is 13.2 Å². The summed E-state index contributed by atoms with van der Waals surface area (Å²) in [5, 5.41) is 4.18. The van der Waals surface area contributed by atoms with Gasteiger partial charge in [-0.05, 0) is 36.6 Å². The fourth-order valence-electron chi connectivity index (χ4n) is 5.16. The molecule has 1 atom stereocenters. The molecule has 2 aromatic carbocycles. The van der Waals surface area contributed by atoms with Crippen LogP contribution in [0.4, 0.5) is 0 Å². The fourth-order valence-corrected chi connectivity index (χ4v) is 5.16. The summed E-state index contributed by atoms with van der Waals surface area (Å²) in [6.07, 6.45) is 4.35. The lowest BCUT2D eigenvalue weighted by molar-refractivity contribution is -0.122. The van der Waals surface area contributed by atoms with Gasteiger partial charge in [-0.3, -0.25) is 9.59 Å². The Labute approximate surface area is 181 Å². The maximum absolute atomic E-state index is 13.6. The van der Waals surface area contributed by atoms with Crippen molar-refractivity contribution in [2.75, 3.05) is 13.7 Å². The Morgan fingerprint density at radius 1 is 1.10 bits per heavy atom. The van der Waals surface area contributed by atoms with Gasteiger partial charge in [0, 0.05) is 29.6 Å². The van der Waals surface area contributed by atoms with E-state index in [1.807, 2.05) is 54.1 Å². The Hall–Kier alpha value is -3.28. The number of nitrogens with one attached hydrogen (secondary N) is 1. The topological polar surface area (TPSA) is 63.6 Å². The number of aryl methyl sites for hydroxylation is 1. The van der Waals surface area contributed by atoms with E-state index < -0.39 is 0 Å². The number of hydrogen-bond donors (Lipinski definition) is 1. The minimum absolute atomic E-state index is 0.0506. The van der Waals surface area contributed by atoms with Crippen LogP contribution >= 0.6 is 0 Å². The predicted molar refractivity (Wildman–Crippen MR) is 119 cm³/mol. The van der Waals surface area contributed by atoms with Gasteiger partial charge in [-0.15, -0.1) is 0 Å². The largest absolute Gasteiger partial charge is 0.497 e. The molecule has 2 heterocycles. The van der Waals surface area contributed by atoms with Crippen LogP contribution in [0.5, 0.6) is 5.75 Å². The van der Waals surface area contributed by atoms with E-state index in [2.05, 4.69) is 11.4 Å². The van der Waals surface area contributed by atoms with E-state index in [0.717, 1.165) is 53.5 Å². The molecular formula is C25H27N3O3. The molecular weight excluding hydrogens is 390 g/mol. The number of fused-ring (bicyclic) bond motifs is 3. The number of benzene rings is 2. The number of aromatic nitrogens is 1. The third kappa shape index (κ3) is 3.26. The highest BCUT2D eigenvalue weighted by atomic mass is 16.5. The number of ether oxygens (including phenoxy) is 1. The zero-order valence-electron chi connectivity index (χ0n) is 17.9. The number of hydrogen-bond acceptors (Lipinski definition) is 3. The van der Waals surface area contributed by atoms with Gasteiger partial charge in [-0.1, -0.05) is 43.2 Å². The van der Waals surface area contributed by atoms with Gasteiger partial charge in [0.15, 0.2) is 0 Å². The smallest absolute Gasteiger partial charge is 0.272 e. The van der Waals surface area contributed by atoms with Crippen molar-refractivity contribution in [1.29, 1.82) is 0 Å². The number of para-hydroxylation sites is 1. The molecule has 0 spiro atoms. The monoisotopic (exact) mass is 417 g/mol. The Bertz CT molecular complexity index is 1140. The van der Waals surface area contributed by atoms with E-state index >= 15 is 0 Å². The number of methoxy groups -OCH3 is 1. The Morgan fingerprint density at radius 3 is 2.52 bits per heavy atom. The van der Waals surface area contributed by atoms with Crippen LogP contribution in [0.2, 0.25) is 0 Å². The van der Waals surface area contributed by atoms with Gasteiger partial charge >= 0.3 is 0 Å². The number of nitrogens with zero attached hydrogens (tertiary/aromatic N) is 2. The molecule has 0 radical (unpaired) electrons. The zero-order valence-corrected chi connectivity index (χ0v) is 17.9. The normalized spacial score (nSPS) is 18.6. The summed E-state index contributed by atoms with van der Waals surface area (Å²) in [6, 6.07) is 15.8. The molecule has 2 aliphatic rings. The SMILES string of the molecule is COc1ccc([C@@H]2c3c(n(C)c4ccccc34)C(=O)N2CC(=O)NC2CCCC2)cc1. The van der Waals surface area contributed by atoms with Crippen LogP contribution in [0.1, 0.15) is 53.3 Å². The lowest BCUT2D eigenvalue weighted by atomic mass is 9.98. The highest BCUT2D eigenvalue weighted by molar-refractivity contribution is 6.07. The first-order chi connectivity index (χ1) is 15.1. The predicted octanol–water partition coefficient (Wildman–Crippen LogP) is 3.79. The Morgan fingerprint density at radius 2 is 1.81 bits per heavy atom. The number of carbonyl (C=O) groups is 2. The molecule has 0 bridgehead atoms. The Balaban J connectivity index is 1.56. The first kappa shape index (κ1) is 19.7. The van der Waals surface area contributed by atoms with Crippen LogP contribution in [-0.2, 0) is 11.8 Å². The van der Waals surface area contributed by atoms with E-state index in [1.165, 1.54) is 0 Å². The molecule has 6 heteroatoms. The van der Waals surface area contributed by atoms with E-state index in [0.29, 0.717) is 5.69 Å².